The van der Waals surface area contributed by atoms with E-state index in [2.05, 4.69) is 22.1 Å². The number of ether oxygens (including phenoxy) is 1. The molecule has 1 rings (SSSR count). The van der Waals surface area contributed by atoms with Crippen LogP contribution in [0, 0.1) is 11.8 Å². The molecule has 0 radical (unpaired) electrons. The van der Waals surface area contributed by atoms with Gasteiger partial charge < -0.3 is 25.2 Å². The first-order chi connectivity index (χ1) is 15.9. The van der Waals surface area contributed by atoms with E-state index in [0.717, 1.165) is 51.7 Å². The van der Waals surface area contributed by atoms with Crippen LogP contribution in [0.15, 0.2) is 0 Å². The standard InChI is InChI=1S/C22H39N3O3.C2H2O4/c1-22(2,3)28-21(27)23-15-9-7-5-6-8-14-20(26)24(4)16-10-11-17-25-18-12-13-19-25;3-1(4)2(5)6/h5-9,12-19H2,1-4H3,(H,23,27);(H,3,4)(H,5,6). The van der Waals surface area contributed by atoms with Crippen LogP contribution in [0.3, 0.4) is 0 Å². The van der Waals surface area contributed by atoms with Crippen molar-refractivity contribution in [1.82, 2.24) is 15.1 Å². The third-order valence-electron chi connectivity index (χ3n) is 4.79. The van der Waals surface area contributed by atoms with Gasteiger partial charge in [-0.3, -0.25) is 9.69 Å². The number of nitrogens with one attached hydrogen (secondary N) is 1. The Morgan fingerprint density at radius 2 is 1.50 bits per heavy atom. The third kappa shape index (κ3) is 18.7. The van der Waals surface area contributed by atoms with Crippen LogP contribution in [0.2, 0.25) is 0 Å². The number of carbonyl (C=O) groups is 4. The maximum atomic E-state index is 12.1. The van der Waals surface area contributed by atoms with Gasteiger partial charge in [0.25, 0.3) is 0 Å². The number of likely N-dealkylation sites (tertiary alicyclic amines) is 1. The molecule has 10 heteroatoms. The van der Waals surface area contributed by atoms with Crippen LogP contribution in [0.25, 0.3) is 0 Å². The van der Waals surface area contributed by atoms with Crippen molar-refractivity contribution in [2.24, 2.45) is 0 Å². The zero-order valence-corrected chi connectivity index (χ0v) is 21.0. The fraction of sp³-hybridized carbons (Fsp3) is 0.750. The summed E-state index contributed by atoms with van der Waals surface area (Å²) in [6.07, 6.45) is 7.77. The SMILES string of the molecule is CN(CC#CCN1CCCC1)C(=O)CCCCCCCNC(=O)OC(C)(C)C.O=C(O)C(=O)O. The van der Waals surface area contributed by atoms with Gasteiger partial charge in [-0.25, -0.2) is 14.4 Å². The third-order valence-corrected chi connectivity index (χ3v) is 4.79. The smallest absolute Gasteiger partial charge is 0.414 e. The molecule has 2 amide bonds. The number of amides is 2. The van der Waals surface area contributed by atoms with E-state index in [1.54, 1.807) is 4.90 Å². The average Bonchev–Trinajstić information content (AvgIpc) is 3.25. The summed E-state index contributed by atoms with van der Waals surface area (Å²) in [6.45, 7) is 9.84. The highest BCUT2D eigenvalue weighted by atomic mass is 16.6. The minimum Gasteiger partial charge on any atom is -0.473 e. The monoisotopic (exact) mass is 483 g/mol. The first-order valence-corrected chi connectivity index (χ1v) is 11.8. The van der Waals surface area contributed by atoms with Gasteiger partial charge in [0.15, 0.2) is 0 Å². The molecule has 0 aromatic carbocycles. The highest BCUT2D eigenvalue weighted by molar-refractivity contribution is 6.27. The molecule has 0 aromatic heterocycles. The summed E-state index contributed by atoms with van der Waals surface area (Å²) in [5.74, 6) is 2.80. The molecule has 0 spiro atoms. The predicted molar refractivity (Wildman–Crippen MR) is 128 cm³/mol. The number of alkyl carbamates (subject to hydrolysis) is 1. The number of aliphatic carboxylic acids is 2. The fourth-order valence-corrected chi connectivity index (χ4v) is 3.00. The summed E-state index contributed by atoms with van der Waals surface area (Å²) in [6, 6.07) is 0. The lowest BCUT2D eigenvalue weighted by molar-refractivity contribution is -0.159. The van der Waals surface area contributed by atoms with Crippen LogP contribution in [-0.4, -0.2) is 89.3 Å². The number of carboxylic acids is 2. The van der Waals surface area contributed by atoms with Crippen molar-refractivity contribution in [1.29, 1.82) is 0 Å². The Balaban J connectivity index is 0.00000160. The van der Waals surface area contributed by atoms with Crippen molar-refractivity contribution in [3.8, 4) is 11.8 Å². The second-order valence-electron chi connectivity index (χ2n) is 9.14. The van der Waals surface area contributed by atoms with E-state index in [9.17, 15) is 9.59 Å². The van der Waals surface area contributed by atoms with Gasteiger partial charge in [-0.2, -0.15) is 0 Å². The van der Waals surface area contributed by atoms with Crippen molar-refractivity contribution < 1.29 is 34.1 Å². The van der Waals surface area contributed by atoms with E-state index in [0.29, 0.717) is 19.5 Å². The van der Waals surface area contributed by atoms with Crippen LogP contribution in [0.1, 0.15) is 72.1 Å². The van der Waals surface area contributed by atoms with Gasteiger partial charge in [0.1, 0.15) is 5.60 Å². The average molecular weight is 484 g/mol. The summed E-state index contributed by atoms with van der Waals surface area (Å²) in [7, 11) is 1.83. The molecule has 1 fully saturated rings. The number of carbonyl (C=O) groups excluding carboxylic acids is 2. The van der Waals surface area contributed by atoms with Crippen LogP contribution >= 0.6 is 0 Å². The minimum atomic E-state index is -1.82. The van der Waals surface area contributed by atoms with Gasteiger partial charge in [-0.05, 0) is 59.5 Å². The Morgan fingerprint density at radius 3 is 2.06 bits per heavy atom. The van der Waals surface area contributed by atoms with E-state index in [1.807, 2.05) is 27.8 Å². The van der Waals surface area contributed by atoms with Gasteiger partial charge in [-0.15, -0.1) is 0 Å². The second kappa shape index (κ2) is 17.6. The lowest BCUT2D eigenvalue weighted by atomic mass is 10.1. The van der Waals surface area contributed by atoms with Crippen LogP contribution in [0.4, 0.5) is 4.79 Å². The number of hydrogen-bond donors (Lipinski definition) is 3. The molecular weight excluding hydrogens is 442 g/mol. The van der Waals surface area contributed by atoms with Gasteiger partial charge in [0, 0.05) is 20.0 Å². The van der Waals surface area contributed by atoms with Crippen molar-refractivity contribution in [2.75, 3.05) is 39.8 Å². The maximum absolute atomic E-state index is 12.1. The van der Waals surface area contributed by atoms with Crippen LogP contribution in [0.5, 0.6) is 0 Å². The normalized spacial score (nSPS) is 13.1. The number of unbranched alkanes of at least 4 members (excludes halogenated alkanes) is 4. The Labute approximate surface area is 203 Å². The van der Waals surface area contributed by atoms with E-state index < -0.39 is 17.5 Å². The molecule has 1 aliphatic rings. The van der Waals surface area contributed by atoms with Crippen molar-refractivity contribution in [3.05, 3.63) is 0 Å². The van der Waals surface area contributed by atoms with Gasteiger partial charge in [0.05, 0.1) is 13.1 Å². The van der Waals surface area contributed by atoms with Gasteiger partial charge in [0.2, 0.25) is 5.91 Å². The molecule has 0 aromatic rings. The second-order valence-corrected chi connectivity index (χ2v) is 9.14. The number of nitrogens with zero attached hydrogens (tertiary/aromatic N) is 2. The lowest BCUT2D eigenvalue weighted by Gasteiger charge is -2.19. The molecule has 3 N–H and O–H groups in total. The molecule has 0 aliphatic carbocycles. The largest absolute Gasteiger partial charge is 0.473 e. The molecule has 10 nitrogen and oxygen atoms in total. The first-order valence-electron chi connectivity index (χ1n) is 11.8. The quantitative estimate of drug-likeness (QED) is 0.245. The first kappa shape index (κ1) is 31.2. The van der Waals surface area contributed by atoms with Gasteiger partial charge >= 0.3 is 18.0 Å². The topological polar surface area (TPSA) is 136 Å². The molecule has 0 unspecified atom stereocenters. The summed E-state index contributed by atoms with van der Waals surface area (Å²) < 4.78 is 5.19. The Bertz CT molecular complexity index is 690. The molecule has 1 aliphatic heterocycles. The highest BCUT2D eigenvalue weighted by Gasteiger charge is 2.15. The number of hydrogen-bond acceptors (Lipinski definition) is 6. The molecule has 1 heterocycles. The Morgan fingerprint density at radius 1 is 0.941 bits per heavy atom. The van der Waals surface area contributed by atoms with Crippen molar-refractivity contribution in [3.63, 3.8) is 0 Å². The summed E-state index contributed by atoms with van der Waals surface area (Å²) in [5.41, 5.74) is -0.455. The van der Waals surface area contributed by atoms with Crippen molar-refractivity contribution >= 4 is 23.9 Å². The molecule has 0 bridgehead atoms. The molecular formula is C24H41N3O7. The molecule has 0 atom stereocenters. The molecule has 194 valence electrons. The highest BCUT2D eigenvalue weighted by Crippen LogP contribution is 2.08. The minimum absolute atomic E-state index is 0.169. The molecule has 34 heavy (non-hydrogen) atoms. The van der Waals surface area contributed by atoms with E-state index in [-0.39, 0.29) is 12.0 Å². The summed E-state index contributed by atoms with van der Waals surface area (Å²) in [4.78, 5) is 45.9. The zero-order valence-electron chi connectivity index (χ0n) is 21.0. The van der Waals surface area contributed by atoms with Crippen LogP contribution in [-0.2, 0) is 19.1 Å². The lowest BCUT2D eigenvalue weighted by Crippen LogP contribution is -2.32. The zero-order chi connectivity index (χ0) is 26.0. The Hall–Kier alpha value is -2.80. The Kier molecular flexibility index (Phi) is 16.2. The summed E-state index contributed by atoms with van der Waals surface area (Å²) >= 11 is 0. The fourth-order valence-electron chi connectivity index (χ4n) is 3.00. The van der Waals surface area contributed by atoms with Crippen molar-refractivity contribution in [2.45, 2.75) is 77.7 Å². The van der Waals surface area contributed by atoms with E-state index >= 15 is 0 Å². The number of rotatable bonds is 10. The van der Waals surface area contributed by atoms with E-state index in [1.165, 1.54) is 12.8 Å². The van der Waals surface area contributed by atoms with Gasteiger partial charge in [-0.1, -0.05) is 31.1 Å². The maximum Gasteiger partial charge on any atom is 0.414 e. The summed E-state index contributed by atoms with van der Waals surface area (Å²) in [5, 5.41) is 17.5. The van der Waals surface area contributed by atoms with E-state index in [4.69, 9.17) is 24.5 Å². The number of carboxylic acid groups (broad SMARTS) is 2. The van der Waals surface area contributed by atoms with Crippen LogP contribution < -0.4 is 5.32 Å². The predicted octanol–water partition coefficient (Wildman–Crippen LogP) is 2.56. The molecule has 0 saturated carbocycles. The molecule has 1 saturated heterocycles.